The topological polar surface area (TPSA) is 58.6 Å². The molecule has 0 aromatic heterocycles. The van der Waals surface area contributed by atoms with Crippen LogP contribution in [0.4, 0.5) is 15.8 Å². The molecule has 0 radical (unpaired) electrons. The van der Waals surface area contributed by atoms with Gasteiger partial charge < -0.3 is 15.0 Å². The molecule has 24 heavy (non-hydrogen) atoms. The van der Waals surface area contributed by atoms with Gasteiger partial charge in [-0.05, 0) is 44.2 Å². The van der Waals surface area contributed by atoms with Crippen molar-refractivity contribution in [3.63, 3.8) is 0 Å². The second kappa shape index (κ2) is 6.31. The molecule has 1 aliphatic rings. The van der Waals surface area contributed by atoms with Crippen molar-refractivity contribution in [1.29, 1.82) is 0 Å². The number of hydrogen-bond acceptors (Lipinski definition) is 3. The summed E-state index contributed by atoms with van der Waals surface area (Å²) in [5, 5.41) is 2.65. The van der Waals surface area contributed by atoms with Crippen molar-refractivity contribution in [2.24, 2.45) is 0 Å². The molecular formula is C18H17FN2O3. The highest BCUT2D eigenvalue weighted by molar-refractivity contribution is 6.05. The minimum absolute atomic E-state index is 0.00783. The lowest BCUT2D eigenvalue weighted by Crippen LogP contribution is -2.43. The quantitative estimate of drug-likeness (QED) is 0.941. The van der Waals surface area contributed by atoms with Crippen molar-refractivity contribution in [3.05, 3.63) is 53.8 Å². The van der Waals surface area contributed by atoms with Gasteiger partial charge in [0.15, 0.2) is 6.61 Å². The zero-order chi connectivity index (χ0) is 17.3. The van der Waals surface area contributed by atoms with Crippen LogP contribution in [0.25, 0.3) is 0 Å². The van der Waals surface area contributed by atoms with E-state index in [0.29, 0.717) is 17.1 Å². The maximum atomic E-state index is 13.7. The summed E-state index contributed by atoms with van der Waals surface area (Å²) in [6, 6.07) is 10.7. The summed E-state index contributed by atoms with van der Waals surface area (Å²) < 4.78 is 19.1. The number of anilines is 2. The van der Waals surface area contributed by atoms with Crippen molar-refractivity contribution in [2.45, 2.75) is 19.9 Å². The molecule has 1 N–H and O–H groups in total. The summed E-state index contributed by atoms with van der Waals surface area (Å²) >= 11 is 0. The predicted octanol–water partition coefficient (Wildman–Crippen LogP) is 3.21. The monoisotopic (exact) mass is 328 g/mol. The Morgan fingerprint density at radius 2 is 2.00 bits per heavy atom. The fourth-order valence-corrected chi connectivity index (χ4v) is 2.66. The third kappa shape index (κ3) is 2.95. The number of carbonyl (C=O) groups is 2. The van der Waals surface area contributed by atoms with Crippen LogP contribution >= 0.6 is 0 Å². The number of carbonyl (C=O) groups excluding carboxylic acids is 2. The second-order valence-electron chi connectivity index (χ2n) is 5.76. The Morgan fingerprint density at radius 3 is 2.71 bits per heavy atom. The van der Waals surface area contributed by atoms with E-state index in [2.05, 4.69) is 5.32 Å². The van der Waals surface area contributed by atoms with Crippen molar-refractivity contribution < 1.29 is 18.7 Å². The van der Waals surface area contributed by atoms with Gasteiger partial charge in [-0.25, -0.2) is 4.39 Å². The second-order valence-corrected chi connectivity index (χ2v) is 5.76. The first kappa shape index (κ1) is 16.0. The Kier molecular flexibility index (Phi) is 4.20. The van der Waals surface area contributed by atoms with E-state index in [1.165, 1.54) is 18.2 Å². The average Bonchev–Trinajstić information content (AvgIpc) is 2.54. The molecule has 2 amide bonds. The summed E-state index contributed by atoms with van der Waals surface area (Å²) in [4.78, 5) is 25.9. The molecule has 1 aliphatic heterocycles. The van der Waals surface area contributed by atoms with Gasteiger partial charge in [-0.15, -0.1) is 0 Å². The van der Waals surface area contributed by atoms with Crippen LogP contribution in [0.15, 0.2) is 42.5 Å². The Hall–Kier alpha value is -2.89. The van der Waals surface area contributed by atoms with E-state index in [9.17, 15) is 14.0 Å². The summed E-state index contributed by atoms with van der Waals surface area (Å²) in [7, 11) is 0. The molecule has 0 unspecified atom stereocenters. The van der Waals surface area contributed by atoms with E-state index < -0.39 is 11.7 Å². The van der Waals surface area contributed by atoms with E-state index >= 15 is 0 Å². The van der Waals surface area contributed by atoms with E-state index in [1.807, 2.05) is 13.8 Å². The highest BCUT2D eigenvalue weighted by Gasteiger charge is 2.28. The molecule has 6 heteroatoms. The molecule has 3 rings (SSSR count). The SMILES string of the molecule is CC(C)N1C(=O)COc2ccc(NC(=O)c3ccccc3F)cc21. The van der Waals surface area contributed by atoms with E-state index in [1.54, 1.807) is 29.2 Å². The predicted molar refractivity (Wildman–Crippen MR) is 88.9 cm³/mol. The van der Waals surface area contributed by atoms with Crippen LogP contribution in [0, 0.1) is 5.82 Å². The Balaban J connectivity index is 1.90. The minimum Gasteiger partial charge on any atom is -0.482 e. The van der Waals surface area contributed by atoms with Gasteiger partial charge in [0.2, 0.25) is 0 Å². The molecule has 2 aromatic carbocycles. The van der Waals surface area contributed by atoms with Gasteiger partial charge in [0.25, 0.3) is 11.8 Å². The molecule has 0 saturated heterocycles. The van der Waals surface area contributed by atoms with Crippen LogP contribution in [-0.4, -0.2) is 24.5 Å². The fourth-order valence-electron chi connectivity index (χ4n) is 2.66. The molecule has 2 aromatic rings. The van der Waals surface area contributed by atoms with Gasteiger partial charge in [-0.1, -0.05) is 12.1 Å². The van der Waals surface area contributed by atoms with Crippen molar-refractivity contribution >= 4 is 23.2 Å². The van der Waals surface area contributed by atoms with Crippen molar-refractivity contribution in [2.75, 3.05) is 16.8 Å². The number of rotatable bonds is 3. The molecule has 0 fully saturated rings. The minimum atomic E-state index is -0.588. The first-order valence-corrected chi connectivity index (χ1v) is 7.62. The summed E-state index contributed by atoms with van der Waals surface area (Å²) in [6.07, 6.45) is 0. The van der Waals surface area contributed by atoms with Gasteiger partial charge in [-0.2, -0.15) is 0 Å². The number of amides is 2. The van der Waals surface area contributed by atoms with Crippen LogP contribution < -0.4 is 15.0 Å². The number of halogens is 1. The Morgan fingerprint density at radius 1 is 1.25 bits per heavy atom. The summed E-state index contributed by atoms with van der Waals surface area (Å²) in [5.41, 5.74) is 1.02. The van der Waals surface area contributed by atoms with E-state index in [4.69, 9.17) is 4.74 Å². The van der Waals surface area contributed by atoms with Crippen LogP contribution in [0.3, 0.4) is 0 Å². The van der Waals surface area contributed by atoms with Gasteiger partial charge in [0, 0.05) is 11.7 Å². The molecular weight excluding hydrogens is 311 g/mol. The molecule has 5 nitrogen and oxygen atoms in total. The molecule has 0 saturated carbocycles. The molecule has 0 bridgehead atoms. The van der Waals surface area contributed by atoms with Gasteiger partial charge in [0.05, 0.1) is 11.3 Å². The molecule has 0 spiro atoms. The Labute approximate surface area is 139 Å². The first-order valence-electron chi connectivity index (χ1n) is 7.62. The number of ether oxygens (including phenoxy) is 1. The maximum Gasteiger partial charge on any atom is 0.265 e. The number of benzene rings is 2. The average molecular weight is 328 g/mol. The van der Waals surface area contributed by atoms with E-state index in [-0.39, 0.29) is 24.1 Å². The largest absolute Gasteiger partial charge is 0.482 e. The van der Waals surface area contributed by atoms with Crippen LogP contribution in [0.1, 0.15) is 24.2 Å². The zero-order valence-corrected chi connectivity index (χ0v) is 13.4. The molecule has 0 atom stereocenters. The summed E-state index contributed by atoms with van der Waals surface area (Å²) in [5.74, 6) is -0.704. The highest BCUT2D eigenvalue weighted by Crippen LogP contribution is 2.35. The maximum absolute atomic E-state index is 13.7. The summed E-state index contributed by atoms with van der Waals surface area (Å²) in [6.45, 7) is 3.79. The van der Waals surface area contributed by atoms with Gasteiger partial charge in [-0.3, -0.25) is 9.59 Å². The third-order valence-corrected chi connectivity index (χ3v) is 3.73. The number of nitrogens with one attached hydrogen (secondary N) is 1. The first-order chi connectivity index (χ1) is 11.5. The molecule has 124 valence electrons. The third-order valence-electron chi connectivity index (χ3n) is 3.73. The van der Waals surface area contributed by atoms with Crippen LogP contribution in [0.2, 0.25) is 0 Å². The highest BCUT2D eigenvalue weighted by atomic mass is 19.1. The number of nitrogens with zero attached hydrogens (tertiary/aromatic N) is 1. The lowest BCUT2D eigenvalue weighted by Gasteiger charge is -2.32. The smallest absolute Gasteiger partial charge is 0.265 e. The standard InChI is InChI=1S/C18H17FN2O3/c1-11(2)21-15-9-12(7-8-16(15)24-10-17(21)22)20-18(23)13-5-3-4-6-14(13)19/h3-9,11H,10H2,1-2H3,(H,20,23). The van der Waals surface area contributed by atoms with Gasteiger partial charge >= 0.3 is 0 Å². The van der Waals surface area contributed by atoms with Gasteiger partial charge in [0.1, 0.15) is 11.6 Å². The normalized spacial score (nSPS) is 13.5. The van der Waals surface area contributed by atoms with Crippen LogP contribution in [-0.2, 0) is 4.79 Å². The molecule has 1 heterocycles. The number of hydrogen-bond donors (Lipinski definition) is 1. The molecule has 0 aliphatic carbocycles. The number of fused-ring (bicyclic) bond motifs is 1. The van der Waals surface area contributed by atoms with E-state index in [0.717, 1.165) is 0 Å². The van der Waals surface area contributed by atoms with Crippen molar-refractivity contribution in [1.82, 2.24) is 0 Å². The lowest BCUT2D eigenvalue weighted by atomic mass is 10.1. The van der Waals surface area contributed by atoms with Crippen molar-refractivity contribution in [3.8, 4) is 5.75 Å². The van der Waals surface area contributed by atoms with Crippen LogP contribution in [0.5, 0.6) is 5.75 Å². The fraction of sp³-hybridized carbons (Fsp3) is 0.222. The Bertz CT molecular complexity index is 805. The lowest BCUT2D eigenvalue weighted by molar-refractivity contribution is -0.121. The zero-order valence-electron chi connectivity index (χ0n) is 13.4.